The van der Waals surface area contributed by atoms with Gasteiger partial charge in [-0.3, -0.25) is 0 Å². The predicted octanol–water partition coefficient (Wildman–Crippen LogP) is 4.63. The van der Waals surface area contributed by atoms with Gasteiger partial charge in [0, 0.05) is 10.6 Å². The predicted molar refractivity (Wildman–Crippen MR) is 77.7 cm³/mol. The summed E-state index contributed by atoms with van der Waals surface area (Å²) in [4.78, 5) is 0. The molecule has 0 bridgehead atoms. The highest BCUT2D eigenvalue weighted by Gasteiger charge is 2.06. The van der Waals surface area contributed by atoms with E-state index in [1.54, 1.807) is 6.07 Å². The van der Waals surface area contributed by atoms with E-state index in [4.69, 9.17) is 32.7 Å². The fraction of sp³-hybridized carbons (Fsp3) is 0.200. The summed E-state index contributed by atoms with van der Waals surface area (Å²) >= 11 is 11.9. The monoisotopic (exact) mass is 296 g/mol. The maximum Gasteiger partial charge on any atom is 0.189 e. The molecule has 0 spiro atoms. The Bertz CT molecular complexity index is 515. The van der Waals surface area contributed by atoms with Gasteiger partial charge in [-0.1, -0.05) is 48.0 Å². The van der Waals surface area contributed by atoms with Crippen LogP contribution in [0, 0.1) is 0 Å². The second kappa shape index (κ2) is 7.39. The van der Waals surface area contributed by atoms with Crippen molar-refractivity contribution in [3.05, 3.63) is 64.7 Å². The molecule has 0 unspecified atom stereocenters. The summed E-state index contributed by atoms with van der Waals surface area (Å²) in [7, 11) is 0. The minimum atomic E-state index is 0.166. The molecule has 2 aromatic carbocycles. The average Bonchev–Trinajstić information content (AvgIpc) is 2.45. The third-order valence-electron chi connectivity index (χ3n) is 2.62. The van der Waals surface area contributed by atoms with E-state index < -0.39 is 0 Å². The second-order valence-electron chi connectivity index (χ2n) is 3.95. The molecule has 100 valence electrons. The first-order chi connectivity index (χ1) is 9.31. The summed E-state index contributed by atoms with van der Waals surface area (Å²) in [6.45, 7) is 0.677. The topological polar surface area (TPSA) is 18.5 Å². The van der Waals surface area contributed by atoms with Crippen LogP contribution >= 0.6 is 23.2 Å². The first-order valence-corrected chi connectivity index (χ1v) is 6.80. The summed E-state index contributed by atoms with van der Waals surface area (Å²) in [6, 6.07) is 15.4. The Morgan fingerprint density at radius 1 is 0.947 bits per heavy atom. The van der Waals surface area contributed by atoms with Gasteiger partial charge in [0.25, 0.3) is 0 Å². The van der Waals surface area contributed by atoms with E-state index in [-0.39, 0.29) is 6.79 Å². The van der Waals surface area contributed by atoms with Crippen molar-refractivity contribution in [2.75, 3.05) is 6.79 Å². The fourth-order valence-electron chi connectivity index (χ4n) is 1.64. The van der Waals surface area contributed by atoms with Crippen LogP contribution in [-0.4, -0.2) is 6.79 Å². The van der Waals surface area contributed by atoms with Crippen molar-refractivity contribution >= 4 is 23.2 Å². The normalized spacial score (nSPS) is 10.4. The van der Waals surface area contributed by atoms with Crippen molar-refractivity contribution in [1.29, 1.82) is 0 Å². The van der Waals surface area contributed by atoms with Crippen LogP contribution in [0.5, 0.6) is 5.75 Å². The molecule has 4 heteroatoms. The zero-order valence-electron chi connectivity index (χ0n) is 10.3. The average molecular weight is 297 g/mol. The molecule has 19 heavy (non-hydrogen) atoms. The van der Waals surface area contributed by atoms with E-state index >= 15 is 0 Å². The van der Waals surface area contributed by atoms with E-state index in [0.29, 0.717) is 23.3 Å². The van der Waals surface area contributed by atoms with Crippen LogP contribution in [0.2, 0.25) is 5.02 Å². The number of rotatable bonds is 6. The van der Waals surface area contributed by atoms with Gasteiger partial charge in [-0.15, -0.1) is 11.6 Å². The Morgan fingerprint density at radius 3 is 2.47 bits per heavy atom. The third-order valence-corrected chi connectivity index (χ3v) is 3.24. The Balaban J connectivity index is 1.85. The van der Waals surface area contributed by atoms with Crippen LogP contribution < -0.4 is 4.74 Å². The van der Waals surface area contributed by atoms with E-state index in [9.17, 15) is 0 Å². The van der Waals surface area contributed by atoms with Gasteiger partial charge in [0.2, 0.25) is 0 Å². The minimum Gasteiger partial charge on any atom is -0.467 e. The van der Waals surface area contributed by atoms with E-state index in [0.717, 1.165) is 11.1 Å². The maximum absolute atomic E-state index is 6.03. The highest BCUT2D eigenvalue weighted by molar-refractivity contribution is 6.32. The van der Waals surface area contributed by atoms with Gasteiger partial charge in [0.15, 0.2) is 6.79 Å². The molecule has 0 saturated carbocycles. The summed E-state index contributed by atoms with van der Waals surface area (Å²) in [5.74, 6) is 0.976. The van der Waals surface area contributed by atoms with Crippen molar-refractivity contribution in [2.45, 2.75) is 12.5 Å². The molecule has 0 amide bonds. The molecule has 0 aromatic heterocycles. The van der Waals surface area contributed by atoms with E-state index in [1.165, 1.54) is 0 Å². The van der Waals surface area contributed by atoms with E-state index in [2.05, 4.69) is 0 Å². The minimum absolute atomic E-state index is 0.166. The van der Waals surface area contributed by atoms with Gasteiger partial charge in [-0.25, -0.2) is 0 Å². The quantitative estimate of drug-likeness (QED) is 0.439. The van der Waals surface area contributed by atoms with Crippen LogP contribution in [0.15, 0.2) is 48.5 Å². The Morgan fingerprint density at radius 2 is 1.74 bits per heavy atom. The number of benzene rings is 2. The SMILES string of the molecule is ClCc1c(Cl)cccc1OCOCc1ccccc1. The molecule has 0 radical (unpaired) electrons. The van der Waals surface area contributed by atoms with Gasteiger partial charge >= 0.3 is 0 Å². The molecule has 2 rings (SSSR count). The lowest BCUT2D eigenvalue weighted by Crippen LogP contribution is -2.04. The summed E-state index contributed by atoms with van der Waals surface area (Å²) in [6.07, 6.45) is 0. The van der Waals surface area contributed by atoms with Gasteiger partial charge < -0.3 is 9.47 Å². The zero-order chi connectivity index (χ0) is 13.5. The molecule has 0 atom stereocenters. The third kappa shape index (κ3) is 4.13. The van der Waals surface area contributed by atoms with Crippen LogP contribution in [0.3, 0.4) is 0 Å². The van der Waals surface area contributed by atoms with Crippen molar-refractivity contribution in [2.24, 2.45) is 0 Å². The number of hydrogen-bond acceptors (Lipinski definition) is 2. The van der Waals surface area contributed by atoms with Crippen molar-refractivity contribution < 1.29 is 9.47 Å². The fourth-order valence-corrected chi connectivity index (χ4v) is 2.22. The second-order valence-corrected chi connectivity index (χ2v) is 4.62. The zero-order valence-corrected chi connectivity index (χ0v) is 11.8. The molecule has 0 aliphatic heterocycles. The Labute approximate surface area is 122 Å². The van der Waals surface area contributed by atoms with Crippen LogP contribution in [0.1, 0.15) is 11.1 Å². The summed E-state index contributed by atoms with van der Waals surface area (Å²) < 4.78 is 11.0. The van der Waals surface area contributed by atoms with Crippen LogP contribution in [0.25, 0.3) is 0 Å². The molecular formula is C15H14Cl2O2. The highest BCUT2D eigenvalue weighted by Crippen LogP contribution is 2.27. The lowest BCUT2D eigenvalue weighted by atomic mass is 10.2. The molecule has 2 nitrogen and oxygen atoms in total. The van der Waals surface area contributed by atoms with Crippen LogP contribution in [-0.2, 0) is 17.2 Å². The van der Waals surface area contributed by atoms with Crippen molar-refractivity contribution in [1.82, 2.24) is 0 Å². The molecule has 0 N–H and O–H groups in total. The molecule has 2 aromatic rings. The van der Waals surface area contributed by atoms with Gasteiger partial charge in [0.1, 0.15) is 5.75 Å². The lowest BCUT2D eigenvalue weighted by Gasteiger charge is -2.11. The summed E-state index contributed by atoms with van der Waals surface area (Å²) in [5, 5.41) is 0.607. The highest BCUT2D eigenvalue weighted by atomic mass is 35.5. The smallest absolute Gasteiger partial charge is 0.189 e. The Kier molecular flexibility index (Phi) is 5.52. The van der Waals surface area contributed by atoms with Gasteiger partial charge in [-0.05, 0) is 17.7 Å². The standard InChI is InChI=1S/C15H14Cl2O2/c16-9-13-14(17)7-4-8-15(13)19-11-18-10-12-5-2-1-3-6-12/h1-8H,9-11H2. The number of hydrogen-bond donors (Lipinski definition) is 0. The Hall–Kier alpha value is -1.22. The molecule has 0 aliphatic rings. The molecule has 0 fully saturated rings. The van der Waals surface area contributed by atoms with Crippen LogP contribution in [0.4, 0.5) is 0 Å². The number of ether oxygens (including phenoxy) is 2. The van der Waals surface area contributed by atoms with Gasteiger partial charge in [-0.2, -0.15) is 0 Å². The maximum atomic E-state index is 6.03. The van der Waals surface area contributed by atoms with Crippen molar-refractivity contribution in [3.8, 4) is 5.75 Å². The lowest BCUT2D eigenvalue weighted by molar-refractivity contribution is 0.00465. The molecule has 0 aliphatic carbocycles. The number of halogens is 2. The van der Waals surface area contributed by atoms with Gasteiger partial charge in [0.05, 0.1) is 12.5 Å². The van der Waals surface area contributed by atoms with Crippen molar-refractivity contribution in [3.63, 3.8) is 0 Å². The first-order valence-electron chi connectivity index (χ1n) is 5.89. The number of alkyl halides is 1. The van der Waals surface area contributed by atoms with E-state index in [1.807, 2.05) is 42.5 Å². The molecular weight excluding hydrogens is 283 g/mol. The molecule has 0 heterocycles. The summed E-state index contributed by atoms with van der Waals surface area (Å²) in [5.41, 5.74) is 1.89. The molecule has 0 saturated heterocycles. The first kappa shape index (κ1) is 14.2. The largest absolute Gasteiger partial charge is 0.467 e.